The average Bonchev–Trinajstić information content (AvgIpc) is 2.27. The second-order valence-electron chi connectivity index (χ2n) is 3.70. The third-order valence-electron chi connectivity index (χ3n) is 2.65. The predicted molar refractivity (Wildman–Crippen MR) is 64.6 cm³/mol. The molecule has 0 aliphatic carbocycles. The van der Waals surface area contributed by atoms with E-state index in [-0.39, 0.29) is 11.5 Å². The van der Waals surface area contributed by atoms with Gasteiger partial charge in [0.15, 0.2) is 9.84 Å². The molecule has 0 aromatic rings. The van der Waals surface area contributed by atoms with Crippen molar-refractivity contribution in [1.29, 1.82) is 0 Å². The molecule has 1 rings (SSSR count). The summed E-state index contributed by atoms with van der Waals surface area (Å²) in [5.74, 6) is 0.726. The molecule has 0 spiro atoms. The summed E-state index contributed by atoms with van der Waals surface area (Å²) in [5.41, 5.74) is 0. The van der Waals surface area contributed by atoms with E-state index in [1.807, 2.05) is 0 Å². The molecule has 0 saturated carbocycles. The van der Waals surface area contributed by atoms with Crippen molar-refractivity contribution in [3.63, 3.8) is 0 Å². The van der Waals surface area contributed by atoms with Gasteiger partial charge in [-0.2, -0.15) is 11.8 Å². The molecule has 1 fully saturated rings. The van der Waals surface area contributed by atoms with Gasteiger partial charge in [-0.25, -0.2) is 8.42 Å². The molecule has 94 valence electrons. The van der Waals surface area contributed by atoms with E-state index in [0.717, 1.165) is 5.75 Å². The standard InChI is InChI=1S/C9H17NO4S2/c1-2-16(13,14)6-4-10-3-5-15-7-8(10)9(11)12/h8H,2-7H2,1H3,(H,11,12). The van der Waals surface area contributed by atoms with E-state index in [0.29, 0.717) is 18.8 Å². The number of carboxylic acid groups (broad SMARTS) is 1. The van der Waals surface area contributed by atoms with Crippen LogP contribution in [0.3, 0.4) is 0 Å². The molecule has 0 amide bonds. The van der Waals surface area contributed by atoms with Gasteiger partial charge in [-0.15, -0.1) is 0 Å². The molecule has 1 unspecified atom stereocenters. The lowest BCUT2D eigenvalue weighted by Gasteiger charge is -2.32. The van der Waals surface area contributed by atoms with Crippen LogP contribution in [0, 0.1) is 0 Å². The van der Waals surface area contributed by atoms with E-state index < -0.39 is 21.8 Å². The SMILES string of the molecule is CCS(=O)(=O)CCN1CCSCC1C(=O)O. The van der Waals surface area contributed by atoms with Crippen molar-refractivity contribution in [2.75, 3.05) is 36.1 Å². The number of nitrogens with zero attached hydrogens (tertiary/aromatic N) is 1. The van der Waals surface area contributed by atoms with Crippen molar-refractivity contribution in [2.24, 2.45) is 0 Å². The van der Waals surface area contributed by atoms with Crippen molar-refractivity contribution < 1.29 is 18.3 Å². The van der Waals surface area contributed by atoms with Crippen molar-refractivity contribution in [1.82, 2.24) is 4.90 Å². The highest BCUT2D eigenvalue weighted by molar-refractivity contribution is 7.99. The minimum atomic E-state index is -3.01. The molecule has 16 heavy (non-hydrogen) atoms. The first-order valence-electron chi connectivity index (χ1n) is 5.21. The molecule has 1 aliphatic heterocycles. The Bertz CT molecular complexity index is 341. The van der Waals surface area contributed by atoms with Crippen molar-refractivity contribution in [3.05, 3.63) is 0 Å². The number of thioether (sulfide) groups is 1. The Balaban J connectivity index is 2.54. The lowest BCUT2D eigenvalue weighted by atomic mass is 10.3. The minimum Gasteiger partial charge on any atom is -0.480 e. The largest absolute Gasteiger partial charge is 0.480 e. The van der Waals surface area contributed by atoms with E-state index in [2.05, 4.69) is 0 Å². The molecule has 1 atom stereocenters. The van der Waals surface area contributed by atoms with Gasteiger partial charge in [0.2, 0.25) is 0 Å². The van der Waals surface area contributed by atoms with Crippen LogP contribution in [0.4, 0.5) is 0 Å². The number of sulfone groups is 1. The zero-order valence-corrected chi connectivity index (χ0v) is 10.9. The average molecular weight is 267 g/mol. The quantitative estimate of drug-likeness (QED) is 0.751. The van der Waals surface area contributed by atoms with Crippen LogP contribution in [0.25, 0.3) is 0 Å². The van der Waals surface area contributed by atoms with E-state index >= 15 is 0 Å². The molecule has 5 nitrogen and oxygen atoms in total. The first kappa shape index (κ1) is 13.8. The highest BCUT2D eigenvalue weighted by Crippen LogP contribution is 2.16. The monoisotopic (exact) mass is 267 g/mol. The van der Waals surface area contributed by atoms with Crippen LogP contribution in [0.5, 0.6) is 0 Å². The highest BCUT2D eigenvalue weighted by Gasteiger charge is 2.29. The van der Waals surface area contributed by atoms with Gasteiger partial charge < -0.3 is 5.11 Å². The van der Waals surface area contributed by atoms with Crippen LogP contribution in [0.2, 0.25) is 0 Å². The third-order valence-corrected chi connectivity index (χ3v) is 5.36. The summed E-state index contributed by atoms with van der Waals surface area (Å²) < 4.78 is 22.7. The first-order chi connectivity index (χ1) is 7.46. The van der Waals surface area contributed by atoms with Gasteiger partial charge in [-0.3, -0.25) is 9.69 Å². The Morgan fingerprint density at radius 1 is 1.56 bits per heavy atom. The summed E-state index contributed by atoms with van der Waals surface area (Å²) in [6.45, 7) is 2.59. The van der Waals surface area contributed by atoms with E-state index in [1.165, 1.54) is 0 Å². The predicted octanol–water partition coefficient (Wildman–Crippen LogP) is -0.0769. The van der Waals surface area contributed by atoms with Gasteiger partial charge in [0.05, 0.1) is 5.75 Å². The van der Waals surface area contributed by atoms with Crippen LogP contribution in [0.1, 0.15) is 6.92 Å². The summed E-state index contributed by atoms with van der Waals surface area (Å²) in [6, 6.07) is -0.536. The van der Waals surface area contributed by atoms with Gasteiger partial charge in [-0.05, 0) is 0 Å². The summed E-state index contributed by atoms with van der Waals surface area (Å²) in [5, 5.41) is 8.99. The second-order valence-corrected chi connectivity index (χ2v) is 7.32. The molecule has 0 aromatic carbocycles. The summed E-state index contributed by atoms with van der Waals surface area (Å²) in [7, 11) is -3.01. The fourth-order valence-electron chi connectivity index (χ4n) is 1.53. The molecule has 1 N–H and O–H groups in total. The summed E-state index contributed by atoms with van der Waals surface area (Å²) in [4.78, 5) is 12.7. The van der Waals surface area contributed by atoms with Crippen molar-refractivity contribution in [2.45, 2.75) is 13.0 Å². The summed E-state index contributed by atoms with van der Waals surface area (Å²) >= 11 is 1.60. The lowest BCUT2D eigenvalue weighted by Crippen LogP contribution is -2.48. The fraction of sp³-hybridized carbons (Fsp3) is 0.889. The number of carboxylic acids is 1. The van der Waals surface area contributed by atoms with Crippen LogP contribution in [-0.4, -0.2) is 66.5 Å². The number of carbonyl (C=O) groups is 1. The molecule has 1 saturated heterocycles. The maximum atomic E-state index is 11.3. The molecule has 1 heterocycles. The molecule has 7 heteroatoms. The minimum absolute atomic E-state index is 0.0535. The van der Waals surface area contributed by atoms with E-state index in [4.69, 9.17) is 5.11 Å². The van der Waals surface area contributed by atoms with Crippen LogP contribution in [0.15, 0.2) is 0 Å². The van der Waals surface area contributed by atoms with Crippen LogP contribution in [-0.2, 0) is 14.6 Å². The number of rotatable bonds is 5. The normalized spacial score (nSPS) is 23.2. The number of hydrogen-bond donors (Lipinski definition) is 1. The highest BCUT2D eigenvalue weighted by atomic mass is 32.2. The Kier molecular flexibility index (Phi) is 5.07. The Morgan fingerprint density at radius 3 is 2.81 bits per heavy atom. The Labute approximate surface area is 100 Å². The van der Waals surface area contributed by atoms with Gasteiger partial charge in [-0.1, -0.05) is 6.92 Å². The van der Waals surface area contributed by atoms with Crippen molar-refractivity contribution >= 4 is 27.6 Å². The summed E-state index contributed by atoms with van der Waals surface area (Å²) in [6.07, 6.45) is 0. The van der Waals surface area contributed by atoms with Crippen LogP contribution >= 0.6 is 11.8 Å². The van der Waals surface area contributed by atoms with Crippen LogP contribution < -0.4 is 0 Å². The number of aliphatic carboxylic acids is 1. The molecule has 0 radical (unpaired) electrons. The molecule has 0 bridgehead atoms. The molecular formula is C9H17NO4S2. The third kappa shape index (κ3) is 3.95. The van der Waals surface area contributed by atoms with Gasteiger partial charge in [0.25, 0.3) is 0 Å². The smallest absolute Gasteiger partial charge is 0.321 e. The molecule has 0 aromatic heterocycles. The van der Waals surface area contributed by atoms with Gasteiger partial charge >= 0.3 is 5.97 Å². The van der Waals surface area contributed by atoms with Gasteiger partial charge in [0, 0.05) is 30.3 Å². The van der Waals surface area contributed by atoms with E-state index in [9.17, 15) is 13.2 Å². The van der Waals surface area contributed by atoms with Gasteiger partial charge in [0.1, 0.15) is 6.04 Å². The number of hydrogen-bond acceptors (Lipinski definition) is 5. The zero-order valence-electron chi connectivity index (χ0n) is 9.26. The Morgan fingerprint density at radius 2 is 2.25 bits per heavy atom. The fourth-order valence-corrected chi connectivity index (χ4v) is 3.44. The zero-order chi connectivity index (χ0) is 12.2. The topological polar surface area (TPSA) is 74.7 Å². The second kappa shape index (κ2) is 5.88. The molecular weight excluding hydrogens is 250 g/mol. The maximum absolute atomic E-state index is 11.3. The van der Waals surface area contributed by atoms with E-state index in [1.54, 1.807) is 23.6 Å². The first-order valence-corrected chi connectivity index (χ1v) is 8.19. The molecule has 1 aliphatic rings. The lowest BCUT2D eigenvalue weighted by molar-refractivity contribution is -0.142. The maximum Gasteiger partial charge on any atom is 0.321 e. The Hall–Kier alpha value is -0.270. The van der Waals surface area contributed by atoms with Crippen molar-refractivity contribution in [3.8, 4) is 0 Å².